The fourth-order valence-electron chi connectivity index (χ4n) is 1.04. The zero-order chi connectivity index (χ0) is 10.6. The average molecular weight is 232 g/mol. The summed E-state index contributed by atoms with van der Waals surface area (Å²) in [6.45, 7) is 4.95. The summed E-state index contributed by atoms with van der Waals surface area (Å²) in [5, 5.41) is 13.0. The number of hydrogen-bond donors (Lipinski definition) is 2. The summed E-state index contributed by atoms with van der Waals surface area (Å²) >= 11 is 11.5. The Morgan fingerprint density at radius 3 is 2.43 bits per heavy atom. The smallest absolute Gasteiger partial charge is 0.152 e. The number of aromatic hydroxyl groups is 1. The van der Waals surface area contributed by atoms with Crippen LogP contribution in [0.25, 0.3) is 0 Å². The minimum absolute atomic E-state index is 0.0687. The van der Waals surface area contributed by atoms with Crippen molar-refractivity contribution >= 4 is 23.2 Å². The van der Waals surface area contributed by atoms with Gasteiger partial charge in [-0.1, -0.05) is 29.3 Å². The number of halogens is 2. The zero-order valence-electron chi connectivity index (χ0n) is 7.56. The van der Waals surface area contributed by atoms with Gasteiger partial charge in [-0.2, -0.15) is 0 Å². The molecule has 0 bridgehead atoms. The van der Waals surface area contributed by atoms with Crippen molar-refractivity contribution in [1.29, 1.82) is 0 Å². The molecule has 2 N–H and O–H groups in total. The van der Waals surface area contributed by atoms with Crippen LogP contribution in [0.4, 0.5) is 0 Å². The van der Waals surface area contributed by atoms with Gasteiger partial charge in [0, 0.05) is 13.1 Å². The standard InChI is InChI=1S/C10H11Cl2NO/c1-2-3-13-6-7-4-8(11)10(14)9(12)5-7/h2,4-5,13-14H,1,3,6H2. The fourth-order valence-corrected chi connectivity index (χ4v) is 1.57. The number of phenolic OH excluding ortho intramolecular Hbond substituents is 1. The Morgan fingerprint density at radius 2 is 1.93 bits per heavy atom. The van der Waals surface area contributed by atoms with E-state index in [1.807, 2.05) is 0 Å². The van der Waals surface area contributed by atoms with Crippen molar-refractivity contribution < 1.29 is 5.11 Å². The first-order chi connectivity index (χ1) is 6.65. The maximum Gasteiger partial charge on any atom is 0.152 e. The molecule has 0 atom stereocenters. The lowest BCUT2D eigenvalue weighted by Crippen LogP contribution is -2.12. The summed E-state index contributed by atoms with van der Waals surface area (Å²) in [5.74, 6) is -0.0687. The first-order valence-electron chi connectivity index (χ1n) is 4.13. The molecule has 0 aliphatic heterocycles. The molecule has 0 saturated heterocycles. The number of phenols is 1. The van der Waals surface area contributed by atoms with Crippen LogP contribution in [0.3, 0.4) is 0 Å². The quantitative estimate of drug-likeness (QED) is 0.617. The van der Waals surface area contributed by atoms with Crippen LogP contribution in [-0.2, 0) is 6.54 Å². The third-order valence-electron chi connectivity index (χ3n) is 1.69. The Hall–Kier alpha value is -0.700. The molecule has 1 aromatic rings. The van der Waals surface area contributed by atoms with Gasteiger partial charge in [-0.25, -0.2) is 0 Å². The maximum atomic E-state index is 9.30. The van der Waals surface area contributed by atoms with Gasteiger partial charge in [-0.15, -0.1) is 6.58 Å². The third kappa shape index (κ3) is 2.91. The molecule has 0 aliphatic carbocycles. The summed E-state index contributed by atoms with van der Waals surface area (Å²) in [4.78, 5) is 0. The Labute approximate surface area is 93.2 Å². The highest BCUT2D eigenvalue weighted by Gasteiger charge is 2.05. The van der Waals surface area contributed by atoms with E-state index in [0.717, 1.165) is 12.1 Å². The Balaban J connectivity index is 2.74. The van der Waals surface area contributed by atoms with E-state index >= 15 is 0 Å². The van der Waals surface area contributed by atoms with Crippen molar-refractivity contribution in [3.8, 4) is 5.75 Å². The fraction of sp³-hybridized carbons (Fsp3) is 0.200. The SMILES string of the molecule is C=CCNCc1cc(Cl)c(O)c(Cl)c1. The molecule has 14 heavy (non-hydrogen) atoms. The normalized spacial score (nSPS) is 10.1. The Kier molecular flexibility index (Phi) is 4.26. The lowest BCUT2D eigenvalue weighted by Gasteiger charge is -2.05. The monoisotopic (exact) mass is 231 g/mol. The lowest BCUT2D eigenvalue weighted by molar-refractivity contribution is 0.475. The molecule has 0 spiro atoms. The number of nitrogens with one attached hydrogen (secondary N) is 1. The number of hydrogen-bond acceptors (Lipinski definition) is 2. The summed E-state index contributed by atoms with van der Waals surface area (Å²) < 4.78 is 0. The van der Waals surface area contributed by atoms with Crippen LogP contribution in [-0.4, -0.2) is 11.7 Å². The predicted octanol–water partition coefficient (Wildman–Crippen LogP) is 2.97. The summed E-state index contributed by atoms with van der Waals surface area (Å²) in [6.07, 6.45) is 1.77. The van der Waals surface area contributed by atoms with E-state index in [1.54, 1.807) is 18.2 Å². The molecule has 1 rings (SSSR count). The first kappa shape index (κ1) is 11.4. The van der Waals surface area contributed by atoms with Gasteiger partial charge in [-0.3, -0.25) is 0 Å². The van der Waals surface area contributed by atoms with Gasteiger partial charge in [0.05, 0.1) is 10.0 Å². The molecule has 0 aliphatic rings. The number of benzene rings is 1. The molecule has 4 heteroatoms. The molecule has 0 fully saturated rings. The van der Waals surface area contributed by atoms with E-state index in [0.29, 0.717) is 6.54 Å². The predicted molar refractivity (Wildman–Crippen MR) is 60.0 cm³/mol. The highest BCUT2D eigenvalue weighted by molar-refractivity contribution is 6.37. The van der Waals surface area contributed by atoms with E-state index in [1.165, 1.54) is 0 Å². The molecule has 0 heterocycles. The Bertz CT molecular complexity index is 316. The van der Waals surface area contributed by atoms with Crippen molar-refractivity contribution in [3.05, 3.63) is 40.4 Å². The lowest BCUT2D eigenvalue weighted by atomic mass is 10.2. The topological polar surface area (TPSA) is 32.3 Å². The van der Waals surface area contributed by atoms with E-state index < -0.39 is 0 Å². The highest BCUT2D eigenvalue weighted by atomic mass is 35.5. The van der Waals surface area contributed by atoms with E-state index in [2.05, 4.69) is 11.9 Å². The third-order valence-corrected chi connectivity index (χ3v) is 2.27. The second-order valence-electron chi connectivity index (χ2n) is 2.83. The van der Waals surface area contributed by atoms with Crippen molar-refractivity contribution in [2.75, 3.05) is 6.54 Å². The molecule has 0 radical (unpaired) electrons. The maximum absolute atomic E-state index is 9.30. The molecular weight excluding hydrogens is 221 g/mol. The summed E-state index contributed by atoms with van der Waals surface area (Å²) in [7, 11) is 0. The molecule has 0 aromatic heterocycles. The van der Waals surface area contributed by atoms with E-state index in [4.69, 9.17) is 23.2 Å². The minimum Gasteiger partial charge on any atom is -0.505 e. The molecule has 2 nitrogen and oxygen atoms in total. The van der Waals surface area contributed by atoms with E-state index in [9.17, 15) is 5.11 Å². The van der Waals surface area contributed by atoms with Crippen molar-refractivity contribution in [2.45, 2.75) is 6.54 Å². The van der Waals surface area contributed by atoms with Gasteiger partial charge >= 0.3 is 0 Å². The zero-order valence-corrected chi connectivity index (χ0v) is 9.07. The van der Waals surface area contributed by atoms with Gasteiger partial charge in [0.15, 0.2) is 5.75 Å². The van der Waals surface area contributed by atoms with Crippen LogP contribution < -0.4 is 5.32 Å². The van der Waals surface area contributed by atoms with Crippen LogP contribution in [0, 0.1) is 0 Å². The molecule has 0 amide bonds. The van der Waals surface area contributed by atoms with E-state index in [-0.39, 0.29) is 15.8 Å². The van der Waals surface area contributed by atoms with Crippen molar-refractivity contribution in [2.24, 2.45) is 0 Å². The minimum atomic E-state index is -0.0687. The largest absolute Gasteiger partial charge is 0.505 e. The van der Waals surface area contributed by atoms with Gasteiger partial charge in [-0.05, 0) is 17.7 Å². The first-order valence-corrected chi connectivity index (χ1v) is 4.89. The van der Waals surface area contributed by atoms with Crippen LogP contribution in [0.15, 0.2) is 24.8 Å². The Morgan fingerprint density at radius 1 is 1.36 bits per heavy atom. The van der Waals surface area contributed by atoms with Crippen LogP contribution in [0.2, 0.25) is 10.0 Å². The molecule has 1 aromatic carbocycles. The summed E-state index contributed by atoms with van der Waals surface area (Å²) in [5.41, 5.74) is 0.930. The van der Waals surface area contributed by atoms with Gasteiger partial charge in [0.2, 0.25) is 0 Å². The second kappa shape index (κ2) is 5.25. The van der Waals surface area contributed by atoms with Crippen LogP contribution in [0.1, 0.15) is 5.56 Å². The molecule has 0 saturated carbocycles. The van der Waals surface area contributed by atoms with Gasteiger partial charge in [0.25, 0.3) is 0 Å². The average Bonchev–Trinajstić information content (AvgIpc) is 2.14. The van der Waals surface area contributed by atoms with Crippen molar-refractivity contribution in [3.63, 3.8) is 0 Å². The van der Waals surface area contributed by atoms with Crippen LogP contribution >= 0.6 is 23.2 Å². The van der Waals surface area contributed by atoms with Gasteiger partial charge < -0.3 is 10.4 Å². The molecule has 76 valence electrons. The van der Waals surface area contributed by atoms with Crippen molar-refractivity contribution in [1.82, 2.24) is 5.32 Å². The molecular formula is C10H11Cl2NO. The van der Waals surface area contributed by atoms with Crippen LogP contribution in [0.5, 0.6) is 5.75 Å². The second-order valence-corrected chi connectivity index (χ2v) is 3.64. The number of rotatable bonds is 4. The highest BCUT2D eigenvalue weighted by Crippen LogP contribution is 2.32. The summed E-state index contributed by atoms with van der Waals surface area (Å²) in [6, 6.07) is 3.36. The van der Waals surface area contributed by atoms with Gasteiger partial charge in [0.1, 0.15) is 0 Å². The molecule has 0 unspecified atom stereocenters.